The highest BCUT2D eigenvalue weighted by molar-refractivity contribution is 9.10. The molecule has 5 rings (SSSR count). The number of nitriles is 2. The molecule has 0 radical (unpaired) electrons. The first-order valence-corrected chi connectivity index (χ1v) is 13.5. The van der Waals surface area contributed by atoms with Gasteiger partial charge in [-0.25, -0.2) is 0 Å². The lowest BCUT2D eigenvalue weighted by molar-refractivity contribution is -0.116. The summed E-state index contributed by atoms with van der Waals surface area (Å²) in [5.41, 5.74) is 5.41. The summed E-state index contributed by atoms with van der Waals surface area (Å²) in [5.74, 6) is 0.0486. The number of rotatable bonds is 6. The highest BCUT2D eigenvalue weighted by Crippen LogP contribution is 2.49. The Labute approximate surface area is 236 Å². The van der Waals surface area contributed by atoms with Crippen LogP contribution in [0, 0.1) is 28.6 Å². The molecule has 7 heteroatoms. The molecule has 0 amide bonds. The molecule has 0 spiro atoms. The van der Waals surface area contributed by atoms with Gasteiger partial charge in [-0.05, 0) is 76.1 Å². The summed E-state index contributed by atoms with van der Waals surface area (Å²) < 4.78 is 12.5. The summed E-state index contributed by atoms with van der Waals surface area (Å²) in [5, 5.41) is 19.3. The lowest BCUT2D eigenvalue weighted by Crippen LogP contribution is -2.32. The zero-order chi connectivity index (χ0) is 27.5. The van der Waals surface area contributed by atoms with E-state index in [1.165, 1.54) is 0 Å². The number of halogens is 1. The minimum absolute atomic E-state index is 0.0272. The third-order valence-electron chi connectivity index (χ3n) is 7.35. The smallest absolute Gasteiger partial charge is 0.175 e. The number of Topliss-reactive ketones (excluding diaryl/α,β-unsaturated/α-hetero) is 1. The van der Waals surface area contributed by atoms with Crippen LogP contribution in [0.15, 0.2) is 87.5 Å². The number of methoxy groups -OCH3 is 1. The fourth-order valence-corrected chi connectivity index (χ4v) is 6.07. The van der Waals surface area contributed by atoms with Crippen molar-refractivity contribution in [2.75, 3.05) is 7.11 Å². The summed E-state index contributed by atoms with van der Waals surface area (Å²) in [4.78, 5) is 18.4. The number of aliphatic imine (C=N–C) groups is 1. The van der Waals surface area contributed by atoms with Gasteiger partial charge in [-0.1, -0.05) is 42.5 Å². The van der Waals surface area contributed by atoms with Gasteiger partial charge >= 0.3 is 0 Å². The molecule has 0 saturated carbocycles. The van der Waals surface area contributed by atoms with Gasteiger partial charge in [0.15, 0.2) is 17.3 Å². The Hall–Kier alpha value is -4.20. The number of ether oxygens (including phenoxy) is 2. The van der Waals surface area contributed by atoms with Crippen molar-refractivity contribution < 1.29 is 14.3 Å². The van der Waals surface area contributed by atoms with Crippen molar-refractivity contribution in [3.63, 3.8) is 0 Å². The predicted octanol–water partition coefficient (Wildman–Crippen LogP) is 7.01. The maximum Gasteiger partial charge on any atom is 0.175 e. The van der Waals surface area contributed by atoms with Crippen LogP contribution in [0.5, 0.6) is 11.5 Å². The Kier molecular flexibility index (Phi) is 7.63. The normalized spacial score (nSPS) is 20.4. The monoisotopic (exact) mass is 579 g/mol. The van der Waals surface area contributed by atoms with Gasteiger partial charge in [0.25, 0.3) is 0 Å². The van der Waals surface area contributed by atoms with Crippen LogP contribution >= 0.6 is 15.9 Å². The minimum Gasteiger partial charge on any atom is -0.493 e. The predicted molar refractivity (Wildman–Crippen MR) is 152 cm³/mol. The quantitative estimate of drug-likeness (QED) is 0.313. The molecule has 2 aliphatic rings. The van der Waals surface area contributed by atoms with Crippen molar-refractivity contribution in [3.8, 4) is 23.6 Å². The van der Waals surface area contributed by atoms with Gasteiger partial charge in [-0.3, -0.25) is 9.79 Å². The standard InChI is InChI=1S/C32H26BrN3O3/c1-19-25(17-35)30(31-27(36-19)13-23(14-28(31)37)22-9-4-3-5-10-22)24-12-26(33)32(29(15-24)38-2)39-18-21-8-6-7-20(11-21)16-34/h3-12,15,23,25,30H,13-14,18H2,1-2H3. The Bertz CT molecular complexity index is 1580. The number of carbonyl (C=O) groups is 1. The Morgan fingerprint density at radius 3 is 2.54 bits per heavy atom. The molecule has 3 aromatic carbocycles. The molecule has 0 N–H and O–H groups in total. The van der Waals surface area contributed by atoms with E-state index >= 15 is 0 Å². The topological polar surface area (TPSA) is 95.5 Å². The molecule has 3 atom stereocenters. The molecule has 0 fully saturated rings. The van der Waals surface area contributed by atoms with Crippen molar-refractivity contribution in [1.29, 1.82) is 10.5 Å². The van der Waals surface area contributed by atoms with E-state index in [1.807, 2.05) is 49.4 Å². The van der Waals surface area contributed by atoms with Crippen molar-refractivity contribution in [2.24, 2.45) is 10.9 Å². The average molecular weight is 580 g/mol. The van der Waals surface area contributed by atoms with Crippen molar-refractivity contribution >= 4 is 27.4 Å². The molecule has 1 heterocycles. The second-order valence-electron chi connectivity index (χ2n) is 9.77. The van der Waals surface area contributed by atoms with E-state index in [0.29, 0.717) is 45.7 Å². The molecule has 1 aliphatic heterocycles. The summed E-state index contributed by atoms with van der Waals surface area (Å²) in [6.45, 7) is 2.11. The van der Waals surface area contributed by atoms with Crippen LogP contribution in [-0.2, 0) is 11.4 Å². The van der Waals surface area contributed by atoms with Crippen LogP contribution < -0.4 is 9.47 Å². The Morgan fingerprint density at radius 2 is 1.82 bits per heavy atom. The highest BCUT2D eigenvalue weighted by Gasteiger charge is 2.41. The maximum absolute atomic E-state index is 13.7. The largest absolute Gasteiger partial charge is 0.493 e. The minimum atomic E-state index is -0.571. The summed E-state index contributed by atoms with van der Waals surface area (Å²) in [6.07, 6.45) is 1.03. The van der Waals surface area contributed by atoms with E-state index in [0.717, 1.165) is 22.4 Å². The molecular formula is C32H26BrN3O3. The molecule has 39 heavy (non-hydrogen) atoms. The van der Waals surface area contributed by atoms with E-state index < -0.39 is 11.8 Å². The van der Waals surface area contributed by atoms with Gasteiger partial charge in [0.2, 0.25) is 0 Å². The van der Waals surface area contributed by atoms with Gasteiger partial charge in [-0.2, -0.15) is 10.5 Å². The van der Waals surface area contributed by atoms with E-state index in [1.54, 1.807) is 19.2 Å². The molecule has 3 unspecified atom stereocenters. The third-order valence-corrected chi connectivity index (χ3v) is 7.94. The number of carbonyl (C=O) groups excluding carboxylic acids is 1. The molecule has 6 nitrogen and oxygen atoms in total. The van der Waals surface area contributed by atoms with Crippen LogP contribution in [-0.4, -0.2) is 18.6 Å². The van der Waals surface area contributed by atoms with Crippen LogP contribution in [0.1, 0.15) is 53.9 Å². The van der Waals surface area contributed by atoms with Gasteiger partial charge in [0.1, 0.15) is 6.61 Å². The molecule has 194 valence electrons. The highest BCUT2D eigenvalue weighted by atomic mass is 79.9. The second-order valence-corrected chi connectivity index (χ2v) is 10.6. The molecule has 0 aromatic heterocycles. The summed E-state index contributed by atoms with van der Waals surface area (Å²) >= 11 is 3.64. The third kappa shape index (κ3) is 5.24. The van der Waals surface area contributed by atoms with Gasteiger partial charge in [0.05, 0.1) is 35.2 Å². The molecule has 0 bridgehead atoms. The maximum atomic E-state index is 13.7. The molecule has 0 saturated heterocycles. The zero-order valence-corrected chi connectivity index (χ0v) is 23.2. The van der Waals surface area contributed by atoms with E-state index in [4.69, 9.17) is 14.5 Å². The number of nitrogens with zero attached hydrogens (tertiary/aromatic N) is 3. The number of ketones is 1. The lowest BCUT2D eigenvalue weighted by atomic mass is 9.69. The average Bonchev–Trinajstić information content (AvgIpc) is 2.95. The second kappa shape index (κ2) is 11.3. The van der Waals surface area contributed by atoms with E-state index in [-0.39, 0.29) is 18.3 Å². The van der Waals surface area contributed by atoms with Crippen molar-refractivity contribution in [3.05, 3.63) is 105 Å². The zero-order valence-electron chi connectivity index (χ0n) is 21.6. The molecular weight excluding hydrogens is 554 g/mol. The van der Waals surface area contributed by atoms with Crippen LogP contribution in [0.25, 0.3) is 0 Å². The number of hydrogen-bond acceptors (Lipinski definition) is 6. The van der Waals surface area contributed by atoms with Crippen molar-refractivity contribution in [1.82, 2.24) is 0 Å². The van der Waals surface area contributed by atoms with E-state index in [2.05, 4.69) is 40.2 Å². The Balaban J connectivity index is 1.51. The number of hydrogen-bond donors (Lipinski definition) is 0. The first-order valence-electron chi connectivity index (χ1n) is 12.7. The van der Waals surface area contributed by atoms with Crippen LogP contribution in [0.2, 0.25) is 0 Å². The first-order chi connectivity index (χ1) is 18.9. The van der Waals surface area contributed by atoms with Gasteiger partial charge < -0.3 is 9.47 Å². The number of benzene rings is 3. The lowest BCUT2D eigenvalue weighted by Gasteiger charge is -2.35. The van der Waals surface area contributed by atoms with Crippen molar-refractivity contribution in [2.45, 2.75) is 38.2 Å². The SMILES string of the molecule is COc1cc(C2C3=C(CC(c4ccccc4)CC3=O)N=C(C)C2C#N)cc(Br)c1OCc1cccc(C#N)c1. The van der Waals surface area contributed by atoms with E-state index in [9.17, 15) is 15.3 Å². The fourth-order valence-electron chi connectivity index (χ4n) is 5.49. The van der Waals surface area contributed by atoms with Gasteiger partial charge in [0, 0.05) is 29.3 Å². The summed E-state index contributed by atoms with van der Waals surface area (Å²) in [7, 11) is 1.56. The van der Waals surface area contributed by atoms with Gasteiger partial charge in [-0.15, -0.1) is 0 Å². The van der Waals surface area contributed by atoms with Crippen LogP contribution in [0.4, 0.5) is 0 Å². The first kappa shape index (κ1) is 26.4. The van der Waals surface area contributed by atoms with Crippen LogP contribution in [0.3, 0.4) is 0 Å². The number of allylic oxidation sites excluding steroid dienone is 2. The molecule has 1 aliphatic carbocycles. The Morgan fingerprint density at radius 1 is 1.03 bits per heavy atom. The molecule has 3 aromatic rings. The summed E-state index contributed by atoms with van der Waals surface area (Å²) in [6, 6.07) is 25.6. The fraction of sp³-hybridized carbons (Fsp3) is 0.250.